The first-order valence-corrected chi connectivity index (χ1v) is 7.56. The average molecular weight is 396 g/mol. The molecule has 0 amide bonds. The Morgan fingerprint density at radius 2 is 1.55 bits per heavy atom. The fourth-order valence-corrected chi connectivity index (χ4v) is 3.97. The predicted octanol–water partition coefficient (Wildman–Crippen LogP) is 2.04. The quantitative estimate of drug-likeness (QED) is 0.411. The van der Waals surface area contributed by atoms with E-state index in [1.165, 1.54) is 6.92 Å². The van der Waals surface area contributed by atoms with E-state index >= 15 is 0 Å². The molecule has 1 aliphatic carbocycles. The number of hydrogen-bond acceptors (Lipinski definition) is 6. The summed E-state index contributed by atoms with van der Waals surface area (Å²) >= 11 is 25.0. The van der Waals surface area contributed by atoms with Crippen LogP contribution in [0.4, 0.5) is 0 Å². The second-order valence-electron chi connectivity index (χ2n) is 4.77. The van der Waals surface area contributed by atoms with Gasteiger partial charge in [-0.3, -0.25) is 14.4 Å². The van der Waals surface area contributed by atoms with E-state index in [0.29, 0.717) is 0 Å². The fraction of sp³-hybridized carbons (Fsp3) is 0.750. The molecule has 0 aliphatic heterocycles. The molecule has 0 saturated heterocycles. The number of carbonyl (C=O) groups is 3. The van der Waals surface area contributed by atoms with Crippen molar-refractivity contribution in [2.45, 2.75) is 27.4 Å². The lowest BCUT2D eigenvalue weighted by Crippen LogP contribution is -2.58. The number of esters is 3. The Morgan fingerprint density at radius 3 is 1.95 bits per heavy atom. The molecule has 0 bridgehead atoms. The van der Waals surface area contributed by atoms with Crippen molar-refractivity contribution < 1.29 is 28.6 Å². The summed E-state index contributed by atoms with van der Waals surface area (Å²) in [4.78, 5) is 31.0. The van der Waals surface area contributed by atoms with E-state index < -0.39 is 37.9 Å². The molecule has 1 aliphatic rings. The van der Waals surface area contributed by atoms with E-state index in [9.17, 15) is 14.4 Å². The molecule has 1 fully saturated rings. The number of hydrogen-bond donors (Lipinski definition) is 0. The van der Waals surface area contributed by atoms with Gasteiger partial charge in [-0.1, -0.05) is 23.2 Å². The summed E-state index contributed by atoms with van der Waals surface area (Å²) in [6.45, 7) is 0.854. The van der Waals surface area contributed by atoms with Crippen molar-refractivity contribution >= 4 is 64.3 Å². The minimum Gasteiger partial charge on any atom is -0.468 e. The van der Waals surface area contributed by atoms with Gasteiger partial charge in [0.2, 0.25) is 0 Å². The largest absolute Gasteiger partial charge is 0.468 e. The van der Waals surface area contributed by atoms with Crippen molar-refractivity contribution in [3.8, 4) is 0 Å². The first-order valence-electron chi connectivity index (χ1n) is 6.04. The van der Waals surface area contributed by atoms with Crippen LogP contribution >= 0.6 is 46.4 Å². The Morgan fingerprint density at radius 1 is 1.05 bits per heavy atom. The second-order valence-corrected chi connectivity index (χ2v) is 7.34. The van der Waals surface area contributed by atoms with E-state index in [-0.39, 0.29) is 13.0 Å². The lowest BCUT2D eigenvalue weighted by molar-refractivity contribution is -0.149. The van der Waals surface area contributed by atoms with Gasteiger partial charge in [0.05, 0.1) is 20.8 Å². The molecule has 6 nitrogen and oxygen atoms in total. The van der Waals surface area contributed by atoms with Crippen molar-refractivity contribution in [1.29, 1.82) is 0 Å². The van der Waals surface area contributed by atoms with Gasteiger partial charge < -0.3 is 14.2 Å². The average Bonchev–Trinajstić information content (AvgIpc) is 2.62. The predicted molar refractivity (Wildman–Crippen MR) is 80.4 cm³/mol. The summed E-state index contributed by atoms with van der Waals surface area (Å²) in [7, 11) is 2.16. The van der Waals surface area contributed by atoms with Crippen molar-refractivity contribution in [3.63, 3.8) is 0 Å². The van der Waals surface area contributed by atoms with Crippen LogP contribution < -0.4 is 0 Å². The van der Waals surface area contributed by atoms with Crippen molar-refractivity contribution in [2.24, 2.45) is 5.92 Å². The molecule has 0 N–H and O–H groups in total. The number of methoxy groups -OCH3 is 2. The van der Waals surface area contributed by atoms with Crippen LogP contribution in [0.25, 0.3) is 0 Å². The van der Waals surface area contributed by atoms with Crippen LogP contribution in [0.5, 0.6) is 0 Å². The molecule has 0 spiro atoms. The van der Waals surface area contributed by atoms with Gasteiger partial charge in [-0.2, -0.15) is 0 Å². The molecule has 0 unspecified atom stereocenters. The summed E-state index contributed by atoms with van der Waals surface area (Å²) < 4.78 is 11.8. The Kier molecular flexibility index (Phi) is 5.88. The Labute approximate surface area is 147 Å². The van der Waals surface area contributed by atoms with Gasteiger partial charge in [-0.25, -0.2) is 0 Å². The number of rotatable bonds is 4. The molecule has 0 aromatic rings. The zero-order valence-corrected chi connectivity index (χ0v) is 15.0. The Balaban J connectivity index is 3.35. The van der Waals surface area contributed by atoms with Gasteiger partial charge in [0.15, 0.2) is 14.1 Å². The maximum Gasteiger partial charge on any atom is 0.330 e. The van der Waals surface area contributed by atoms with Crippen molar-refractivity contribution in [3.05, 3.63) is 0 Å². The molecule has 126 valence electrons. The van der Waals surface area contributed by atoms with Crippen LogP contribution in [0.15, 0.2) is 0 Å². The monoisotopic (exact) mass is 394 g/mol. The minimum absolute atomic E-state index is 0.250. The van der Waals surface area contributed by atoms with Crippen LogP contribution in [0.3, 0.4) is 0 Å². The lowest BCUT2D eigenvalue weighted by Gasteiger charge is -2.36. The van der Waals surface area contributed by atoms with E-state index in [4.69, 9.17) is 51.1 Å². The van der Waals surface area contributed by atoms with Gasteiger partial charge in [0.25, 0.3) is 0 Å². The highest BCUT2D eigenvalue weighted by atomic mass is 35.5. The molecule has 0 aromatic heterocycles. The summed E-state index contributed by atoms with van der Waals surface area (Å²) in [5, 5.41) is 0. The van der Waals surface area contributed by atoms with E-state index in [0.717, 1.165) is 14.2 Å². The molecule has 0 aromatic carbocycles. The topological polar surface area (TPSA) is 78.9 Å². The smallest absolute Gasteiger partial charge is 0.330 e. The maximum atomic E-state index is 12.1. The molecule has 3 atom stereocenters. The zero-order valence-electron chi connectivity index (χ0n) is 12.0. The highest BCUT2D eigenvalue weighted by molar-refractivity contribution is 6.63. The second kappa shape index (κ2) is 6.59. The normalized spacial score (nSPS) is 33.1. The van der Waals surface area contributed by atoms with Gasteiger partial charge in [-0.05, 0) is 6.42 Å². The van der Waals surface area contributed by atoms with Gasteiger partial charge in [-0.15, -0.1) is 23.2 Å². The first kappa shape index (κ1) is 19.6. The number of halogens is 4. The third kappa shape index (κ3) is 2.75. The van der Waals surface area contributed by atoms with Gasteiger partial charge in [0.1, 0.15) is 0 Å². The molecular formula is C12H14Cl4O6. The van der Waals surface area contributed by atoms with E-state index in [2.05, 4.69) is 9.47 Å². The molecular weight excluding hydrogens is 382 g/mol. The van der Waals surface area contributed by atoms with Crippen LogP contribution in [-0.4, -0.2) is 52.8 Å². The fourth-order valence-electron chi connectivity index (χ4n) is 2.36. The summed E-state index contributed by atoms with van der Waals surface area (Å²) in [5.41, 5.74) is 0. The molecule has 0 radical (unpaired) electrons. The summed E-state index contributed by atoms with van der Waals surface area (Å²) in [5.74, 6) is -3.53. The molecule has 1 saturated carbocycles. The van der Waals surface area contributed by atoms with Gasteiger partial charge >= 0.3 is 17.9 Å². The van der Waals surface area contributed by atoms with Crippen molar-refractivity contribution in [2.75, 3.05) is 20.8 Å². The van der Waals surface area contributed by atoms with E-state index in [1.54, 1.807) is 0 Å². The standard InChI is InChI=1S/C12H14Cl4O6/c1-6(17)22-5-7-4-10(13,8(18)20-2)12(15,16)11(7,14)9(19)21-3/h7H,4-5H2,1-3H3/t7-,10-,11+/m1/s1. The highest BCUT2D eigenvalue weighted by Gasteiger charge is 2.77. The van der Waals surface area contributed by atoms with Crippen LogP contribution in [0.1, 0.15) is 13.3 Å². The molecule has 22 heavy (non-hydrogen) atoms. The maximum absolute atomic E-state index is 12.1. The summed E-state index contributed by atoms with van der Waals surface area (Å²) in [6.07, 6.45) is -0.250. The van der Waals surface area contributed by atoms with Crippen molar-refractivity contribution in [1.82, 2.24) is 0 Å². The highest BCUT2D eigenvalue weighted by Crippen LogP contribution is 2.63. The number of carbonyl (C=O) groups excluding carboxylic acids is 3. The SMILES string of the molecule is COC(=O)[C@]1(Cl)C[C@H](COC(C)=O)[C@](Cl)(C(=O)OC)C1(Cl)Cl. The van der Waals surface area contributed by atoms with Crippen LogP contribution in [0, 0.1) is 5.92 Å². The first-order chi connectivity index (χ1) is 9.98. The van der Waals surface area contributed by atoms with Crippen LogP contribution in [0.2, 0.25) is 0 Å². The van der Waals surface area contributed by atoms with E-state index in [1.807, 2.05) is 0 Å². The molecule has 1 rings (SSSR count). The summed E-state index contributed by atoms with van der Waals surface area (Å²) in [6, 6.07) is 0. The van der Waals surface area contributed by atoms with Gasteiger partial charge in [0, 0.05) is 12.8 Å². The third-order valence-electron chi connectivity index (χ3n) is 3.52. The molecule has 10 heteroatoms. The Bertz CT molecular complexity index is 496. The zero-order chi connectivity index (χ0) is 17.3. The number of alkyl halides is 4. The lowest BCUT2D eigenvalue weighted by atomic mass is 9.95. The minimum atomic E-state index is -2.26. The number of ether oxygens (including phenoxy) is 3. The third-order valence-corrected chi connectivity index (χ3v) is 6.49. The Hall–Kier alpha value is -0.430. The molecule has 0 heterocycles. The van der Waals surface area contributed by atoms with Crippen LogP contribution in [-0.2, 0) is 28.6 Å².